The smallest absolute Gasteiger partial charge is 0.257 e. The molecule has 0 unspecified atom stereocenters. The van der Waals surface area contributed by atoms with E-state index in [2.05, 4.69) is 38.0 Å². The number of piperazine rings is 2. The number of rotatable bonds is 3. The summed E-state index contributed by atoms with van der Waals surface area (Å²) in [5, 5.41) is 8.92. The summed E-state index contributed by atoms with van der Waals surface area (Å²) in [7, 11) is 2.14. The first-order valence-electron chi connectivity index (χ1n) is 10.9. The first-order valence-corrected chi connectivity index (χ1v) is 10.9. The summed E-state index contributed by atoms with van der Waals surface area (Å²) in [6.45, 7) is 7.72. The van der Waals surface area contributed by atoms with Gasteiger partial charge in [-0.1, -0.05) is 6.07 Å². The van der Waals surface area contributed by atoms with Crippen molar-refractivity contribution < 1.29 is 14.3 Å². The van der Waals surface area contributed by atoms with Gasteiger partial charge in [0, 0.05) is 52.4 Å². The van der Waals surface area contributed by atoms with Crippen LogP contribution in [0.15, 0.2) is 30.3 Å². The van der Waals surface area contributed by atoms with Crippen LogP contribution in [0.2, 0.25) is 0 Å². The van der Waals surface area contributed by atoms with E-state index in [4.69, 9.17) is 9.47 Å². The molecule has 31 heavy (non-hydrogen) atoms. The predicted octanol–water partition coefficient (Wildman–Crippen LogP) is 0.962. The summed E-state index contributed by atoms with van der Waals surface area (Å²) >= 11 is 0. The number of amides is 1. The molecule has 0 aliphatic carbocycles. The van der Waals surface area contributed by atoms with Gasteiger partial charge in [0.15, 0.2) is 23.1 Å². The maximum Gasteiger partial charge on any atom is 0.257 e. The lowest BCUT2D eigenvalue weighted by Gasteiger charge is -2.36. The van der Waals surface area contributed by atoms with Crippen LogP contribution in [0.25, 0.3) is 0 Å². The minimum Gasteiger partial charge on any atom is -0.486 e. The van der Waals surface area contributed by atoms with E-state index in [9.17, 15) is 4.79 Å². The molecule has 164 valence electrons. The van der Waals surface area contributed by atoms with Crippen molar-refractivity contribution >= 4 is 17.5 Å². The van der Waals surface area contributed by atoms with Gasteiger partial charge in [-0.2, -0.15) is 0 Å². The Balaban J connectivity index is 1.20. The van der Waals surface area contributed by atoms with Crippen LogP contribution in [0.3, 0.4) is 0 Å². The van der Waals surface area contributed by atoms with E-state index < -0.39 is 0 Å². The number of ether oxygens (including phenoxy) is 2. The first kappa shape index (κ1) is 19.9. The Morgan fingerprint density at radius 3 is 2.06 bits per heavy atom. The number of hydrogen-bond donors (Lipinski definition) is 0. The van der Waals surface area contributed by atoms with Gasteiger partial charge in [-0.05, 0) is 31.3 Å². The minimum absolute atomic E-state index is 0.0153. The zero-order valence-electron chi connectivity index (χ0n) is 17.9. The van der Waals surface area contributed by atoms with E-state index in [0.717, 1.165) is 50.9 Å². The number of likely N-dealkylation sites (N-methyl/N-ethyl adjacent to an activating group) is 1. The lowest BCUT2D eigenvalue weighted by Crippen LogP contribution is -2.49. The molecule has 0 saturated carbocycles. The Morgan fingerprint density at radius 1 is 0.806 bits per heavy atom. The largest absolute Gasteiger partial charge is 0.486 e. The summed E-state index contributed by atoms with van der Waals surface area (Å²) in [5.41, 5.74) is 0.571. The van der Waals surface area contributed by atoms with Crippen molar-refractivity contribution in [3.8, 4) is 11.5 Å². The highest BCUT2D eigenvalue weighted by atomic mass is 16.6. The molecule has 1 aromatic heterocycles. The van der Waals surface area contributed by atoms with Crippen LogP contribution >= 0.6 is 0 Å². The second-order valence-electron chi connectivity index (χ2n) is 8.15. The lowest BCUT2D eigenvalue weighted by molar-refractivity contribution is 0.0736. The Kier molecular flexibility index (Phi) is 5.50. The second-order valence-corrected chi connectivity index (χ2v) is 8.15. The number of nitrogens with zero attached hydrogens (tertiary/aromatic N) is 6. The molecule has 4 heterocycles. The maximum absolute atomic E-state index is 13.1. The Morgan fingerprint density at radius 2 is 1.42 bits per heavy atom. The zero-order chi connectivity index (χ0) is 21.2. The van der Waals surface area contributed by atoms with Gasteiger partial charge in [0.05, 0.1) is 5.56 Å². The zero-order valence-corrected chi connectivity index (χ0v) is 17.9. The van der Waals surface area contributed by atoms with Crippen molar-refractivity contribution in [2.75, 3.05) is 82.4 Å². The molecule has 9 nitrogen and oxygen atoms in total. The number of anilines is 2. The number of benzene rings is 1. The van der Waals surface area contributed by atoms with E-state index >= 15 is 0 Å². The Bertz CT molecular complexity index is 921. The summed E-state index contributed by atoms with van der Waals surface area (Å²) < 4.78 is 11.3. The molecule has 3 aliphatic rings. The molecule has 2 aromatic rings. The van der Waals surface area contributed by atoms with E-state index in [1.807, 2.05) is 29.2 Å². The minimum atomic E-state index is -0.0153. The van der Waals surface area contributed by atoms with Crippen LogP contribution in [0.4, 0.5) is 11.6 Å². The van der Waals surface area contributed by atoms with Crippen molar-refractivity contribution in [1.82, 2.24) is 20.0 Å². The van der Waals surface area contributed by atoms with Crippen LogP contribution < -0.4 is 19.3 Å². The fourth-order valence-corrected chi connectivity index (χ4v) is 4.24. The summed E-state index contributed by atoms with van der Waals surface area (Å²) in [6.07, 6.45) is 0. The van der Waals surface area contributed by atoms with Gasteiger partial charge >= 0.3 is 0 Å². The first-order chi connectivity index (χ1) is 15.2. The maximum atomic E-state index is 13.1. The highest BCUT2D eigenvalue weighted by Crippen LogP contribution is 2.34. The third kappa shape index (κ3) is 4.10. The van der Waals surface area contributed by atoms with Crippen molar-refractivity contribution in [2.45, 2.75) is 0 Å². The molecule has 1 aromatic carbocycles. The summed E-state index contributed by atoms with van der Waals surface area (Å²) in [5.74, 6) is 2.98. The normalized spacial score (nSPS) is 19.5. The summed E-state index contributed by atoms with van der Waals surface area (Å²) in [6, 6.07) is 9.59. The van der Waals surface area contributed by atoms with Crippen LogP contribution in [-0.2, 0) is 0 Å². The van der Waals surface area contributed by atoms with Gasteiger partial charge in [-0.15, -0.1) is 10.2 Å². The highest BCUT2D eigenvalue weighted by Gasteiger charge is 2.27. The average molecular weight is 425 g/mol. The SMILES string of the molecule is CN1CCN(c2ccc(N3CCN(C(=O)c4cccc5c4OCCO5)CC3)nn2)CC1. The molecule has 1 amide bonds. The third-order valence-electron chi connectivity index (χ3n) is 6.15. The van der Waals surface area contributed by atoms with Gasteiger partial charge in [-0.3, -0.25) is 4.79 Å². The molecule has 9 heteroatoms. The number of para-hydroxylation sites is 1. The monoisotopic (exact) mass is 424 g/mol. The quantitative estimate of drug-likeness (QED) is 0.722. The topological polar surface area (TPSA) is 74.3 Å². The number of hydrogen-bond acceptors (Lipinski definition) is 8. The second kappa shape index (κ2) is 8.58. The standard InChI is InChI=1S/C22H28N6O3/c1-25-7-9-26(10-8-25)19-5-6-20(24-23-19)27-11-13-28(14-12-27)22(29)17-3-2-4-18-21(17)31-16-15-30-18/h2-6H,7-16H2,1H3. The van der Waals surface area contributed by atoms with Crippen LogP contribution in [0.1, 0.15) is 10.4 Å². The fraction of sp³-hybridized carbons (Fsp3) is 0.500. The van der Waals surface area contributed by atoms with Crippen LogP contribution in [0.5, 0.6) is 11.5 Å². The molecule has 2 saturated heterocycles. The van der Waals surface area contributed by atoms with Crippen molar-refractivity contribution in [2.24, 2.45) is 0 Å². The summed E-state index contributed by atoms with van der Waals surface area (Å²) in [4.78, 5) is 21.7. The molecular formula is C22H28N6O3. The molecule has 0 bridgehead atoms. The van der Waals surface area contributed by atoms with Gasteiger partial charge in [0.1, 0.15) is 13.2 Å². The number of aromatic nitrogens is 2. The lowest BCUT2D eigenvalue weighted by atomic mass is 10.1. The number of fused-ring (bicyclic) bond motifs is 1. The average Bonchev–Trinajstić information content (AvgIpc) is 2.84. The third-order valence-corrected chi connectivity index (χ3v) is 6.15. The van der Waals surface area contributed by atoms with Gasteiger partial charge < -0.3 is 29.1 Å². The van der Waals surface area contributed by atoms with Crippen molar-refractivity contribution in [3.05, 3.63) is 35.9 Å². The highest BCUT2D eigenvalue weighted by molar-refractivity contribution is 5.98. The van der Waals surface area contributed by atoms with E-state index in [1.54, 1.807) is 0 Å². The van der Waals surface area contributed by atoms with Gasteiger partial charge in [0.25, 0.3) is 5.91 Å². The van der Waals surface area contributed by atoms with E-state index in [0.29, 0.717) is 43.4 Å². The van der Waals surface area contributed by atoms with Gasteiger partial charge in [0.2, 0.25) is 0 Å². The Hall–Kier alpha value is -3.07. The van der Waals surface area contributed by atoms with Crippen molar-refractivity contribution in [1.29, 1.82) is 0 Å². The molecule has 2 fully saturated rings. The van der Waals surface area contributed by atoms with E-state index in [1.165, 1.54) is 0 Å². The molecule has 0 radical (unpaired) electrons. The molecule has 5 rings (SSSR count). The van der Waals surface area contributed by atoms with Gasteiger partial charge in [-0.25, -0.2) is 0 Å². The molecule has 0 spiro atoms. The molecule has 3 aliphatic heterocycles. The number of carbonyl (C=O) groups is 1. The van der Waals surface area contributed by atoms with Crippen molar-refractivity contribution in [3.63, 3.8) is 0 Å². The molecular weight excluding hydrogens is 396 g/mol. The van der Waals surface area contributed by atoms with E-state index in [-0.39, 0.29) is 5.91 Å². The molecule has 0 N–H and O–H groups in total. The fourth-order valence-electron chi connectivity index (χ4n) is 4.24. The predicted molar refractivity (Wildman–Crippen MR) is 117 cm³/mol. The van der Waals surface area contributed by atoms with Crippen LogP contribution in [0, 0.1) is 0 Å². The number of carbonyl (C=O) groups excluding carboxylic acids is 1. The Labute approximate surface area is 182 Å². The molecule has 0 atom stereocenters. The van der Waals surface area contributed by atoms with Crippen LogP contribution in [-0.4, -0.2) is 98.5 Å².